The molecule has 1 aliphatic rings. The van der Waals surface area contributed by atoms with Crippen LogP contribution in [0.1, 0.15) is 17.7 Å². The van der Waals surface area contributed by atoms with Crippen molar-refractivity contribution in [2.45, 2.75) is 19.0 Å². The minimum Gasteiger partial charge on any atom is -0.351 e. The monoisotopic (exact) mass is 243 g/mol. The van der Waals surface area contributed by atoms with E-state index in [0.29, 0.717) is 31.0 Å². The number of pyridine rings is 1. The molecule has 0 saturated carbocycles. The number of rotatable bonds is 2. The highest BCUT2D eigenvalue weighted by atomic mass is 19.4. The Morgan fingerprint density at radius 3 is 2.88 bits per heavy atom. The Kier molecular flexibility index (Phi) is 3.04. The van der Waals surface area contributed by atoms with Gasteiger partial charge >= 0.3 is 6.18 Å². The Labute approximate surface area is 97.0 Å². The fraction of sp³-hybridized carbons (Fsp3) is 0.455. The predicted octanol–water partition coefficient (Wildman–Crippen LogP) is 2.51. The van der Waals surface area contributed by atoms with Crippen LogP contribution in [0.3, 0.4) is 0 Å². The summed E-state index contributed by atoms with van der Waals surface area (Å²) in [4.78, 5) is 9.38. The minimum atomic E-state index is -4.35. The number of aromatic nitrogens is 1. The normalized spacial score (nSPS) is 15.6. The molecule has 0 saturated heterocycles. The quantitative estimate of drug-likeness (QED) is 0.747. The van der Waals surface area contributed by atoms with E-state index in [1.165, 1.54) is 0 Å². The maximum atomic E-state index is 12.6. The summed E-state index contributed by atoms with van der Waals surface area (Å²) >= 11 is 0. The average Bonchev–Trinajstić information content (AvgIpc) is 2.28. The van der Waals surface area contributed by atoms with Crippen LogP contribution in [0.25, 0.3) is 0 Å². The molecule has 3 nitrogen and oxygen atoms in total. The van der Waals surface area contributed by atoms with Crippen molar-refractivity contribution >= 4 is 12.4 Å². The summed E-state index contributed by atoms with van der Waals surface area (Å²) in [7, 11) is 0. The van der Waals surface area contributed by atoms with Gasteiger partial charge in [0.1, 0.15) is 6.67 Å². The van der Waals surface area contributed by atoms with E-state index in [0.717, 1.165) is 18.7 Å². The highest BCUT2D eigenvalue weighted by molar-refractivity contribution is 5.54. The van der Waals surface area contributed by atoms with Crippen molar-refractivity contribution < 1.29 is 13.2 Å². The number of anilines is 1. The third-order valence-corrected chi connectivity index (χ3v) is 2.73. The number of fused-ring (bicyclic) bond motifs is 1. The molecule has 1 aliphatic heterocycles. The molecule has 0 radical (unpaired) electrons. The summed E-state index contributed by atoms with van der Waals surface area (Å²) in [5, 5.41) is 0. The molecule has 2 rings (SSSR count). The Morgan fingerprint density at radius 1 is 1.47 bits per heavy atom. The highest BCUT2D eigenvalue weighted by Gasteiger charge is 2.32. The maximum absolute atomic E-state index is 12.6. The molecule has 2 heterocycles. The summed E-state index contributed by atoms with van der Waals surface area (Å²) in [6.45, 7) is 4.36. The van der Waals surface area contributed by atoms with E-state index in [2.05, 4.69) is 16.7 Å². The average molecular weight is 243 g/mol. The number of halogens is 3. The fourth-order valence-corrected chi connectivity index (χ4v) is 1.93. The van der Waals surface area contributed by atoms with Crippen LogP contribution in [-0.4, -0.2) is 24.9 Å². The second kappa shape index (κ2) is 4.35. The zero-order valence-corrected chi connectivity index (χ0v) is 9.17. The van der Waals surface area contributed by atoms with Crippen LogP contribution < -0.4 is 4.90 Å². The number of aryl methyl sites for hydroxylation is 1. The summed E-state index contributed by atoms with van der Waals surface area (Å²) < 4.78 is 37.7. The van der Waals surface area contributed by atoms with Gasteiger partial charge in [0, 0.05) is 12.7 Å². The molecule has 6 heteroatoms. The van der Waals surface area contributed by atoms with E-state index >= 15 is 0 Å². The SMILES string of the molecule is C=NCN1CCCc2ncc(C(F)(F)F)cc21. The molecule has 0 spiro atoms. The third kappa shape index (κ3) is 2.40. The van der Waals surface area contributed by atoms with E-state index in [-0.39, 0.29) is 0 Å². The standard InChI is InChI=1S/C11H12F3N3/c1-15-7-17-4-2-3-9-10(17)5-8(6-16-9)11(12,13)14/h5-6H,1-4,7H2. The first-order valence-corrected chi connectivity index (χ1v) is 5.26. The third-order valence-electron chi connectivity index (χ3n) is 2.73. The van der Waals surface area contributed by atoms with E-state index in [9.17, 15) is 13.2 Å². The van der Waals surface area contributed by atoms with Gasteiger partial charge in [-0.15, -0.1) is 0 Å². The van der Waals surface area contributed by atoms with E-state index in [1.807, 2.05) is 0 Å². The first-order valence-electron chi connectivity index (χ1n) is 5.26. The second-order valence-electron chi connectivity index (χ2n) is 3.92. The predicted molar refractivity (Wildman–Crippen MR) is 59.3 cm³/mol. The zero-order chi connectivity index (χ0) is 12.5. The van der Waals surface area contributed by atoms with Crippen LogP contribution in [-0.2, 0) is 12.6 Å². The Morgan fingerprint density at radius 2 is 2.24 bits per heavy atom. The first kappa shape index (κ1) is 11.9. The van der Waals surface area contributed by atoms with Crippen molar-refractivity contribution in [3.05, 3.63) is 23.5 Å². The molecule has 1 aromatic heterocycles. The van der Waals surface area contributed by atoms with Crippen LogP contribution in [0.5, 0.6) is 0 Å². The van der Waals surface area contributed by atoms with Gasteiger partial charge < -0.3 is 4.90 Å². The Balaban J connectivity index is 2.40. The first-order chi connectivity index (χ1) is 8.02. The van der Waals surface area contributed by atoms with Gasteiger partial charge in [0.15, 0.2) is 0 Å². The van der Waals surface area contributed by atoms with Crippen molar-refractivity contribution in [3.8, 4) is 0 Å². The van der Waals surface area contributed by atoms with Crippen molar-refractivity contribution in [3.63, 3.8) is 0 Å². The number of aliphatic imine (C=N–C) groups is 1. The number of alkyl halides is 3. The number of nitrogens with zero attached hydrogens (tertiary/aromatic N) is 3. The summed E-state index contributed by atoms with van der Waals surface area (Å²) in [5.74, 6) is 0. The summed E-state index contributed by atoms with van der Waals surface area (Å²) in [5.41, 5.74) is 0.513. The molecule has 0 aliphatic carbocycles. The molecular weight excluding hydrogens is 231 g/mol. The lowest BCUT2D eigenvalue weighted by Crippen LogP contribution is -2.30. The second-order valence-corrected chi connectivity index (χ2v) is 3.92. The largest absolute Gasteiger partial charge is 0.417 e. The molecule has 0 bridgehead atoms. The Bertz CT molecular complexity index is 428. The van der Waals surface area contributed by atoms with Crippen molar-refractivity contribution in [1.29, 1.82) is 0 Å². The van der Waals surface area contributed by atoms with E-state index in [4.69, 9.17) is 0 Å². The zero-order valence-electron chi connectivity index (χ0n) is 9.17. The van der Waals surface area contributed by atoms with Crippen molar-refractivity contribution in [2.24, 2.45) is 4.99 Å². The van der Waals surface area contributed by atoms with Gasteiger partial charge in [0.05, 0.1) is 16.9 Å². The van der Waals surface area contributed by atoms with Crippen LogP contribution in [0.2, 0.25) is 0 Å². The van der Waals surface area contributed by atoms with Gasteiger partial charge in [0.2, 0.25) is 0 Å². The molecule has 0 N–H and O–H groups in total. The van der Waals surface area contributed by atoms with Gasteiger partial charge in [-0.2, -0.15) is 13.2 Å². The molecule has 92 valence electrons. The lowest BCUT2D eigenvalue weighted by atomic mass is 10.1. The van der Waals surface area contributed by atoms with Crippen LogP contribution >= 0.6 is 0 Å². The van der Waals surface area contributed by atoms with Gasteiger partial charge in [-0.05, 0) is 25.6 Å². The van der Waals surface area contributed by atoms with Gasteiger partial charge in [-0.1, -0.05) is 0 Å². The molecule has 0 aromatic carbocycles. The topological polar surface area (TPSA) is 28.5 Å². The number of hydrogen-bond acceptors (Lipinski definition) is 3. The Hall–Kier alpha value is -1.59. The fourth-order valence-electron chi connectivity index (χ4n) is 1.93. The molecule has 0 amide bonds. The minimum absolute atomic E-state index is 0.302. The lowest BCUT2D eigenvalue weighted by molar-refractivity contribution is -0.137. The molecular formula is C11H12F3N3. The molecule has 0 fully saturated rings. The summed E-state index contributed by atoms with van der Waals surface area (Å²) in [6.07, 6.45) is -1.88. The smallest absolute Gasteiger partial charge is 0.351 e. The highest BCUT2D eigenvalue weighted by Crippen LogP contribution is 2.34. The maximum Gasteiger partial charge on any atom is 0.417 e. The summed E-state index contributed by atoms with van der Waals surface area (Å²) in [6, 6.07) is 1.15. The molecule has 17 heavy (non-hydrogen) atoms. The van der Waals surface area contributed by atoms with Gasteiger partial charge in [0.25, 0.3) is 0 Å². The number of hydrogen-bond donors (Lipinski definition) is 0. The van der Waals surface area contributed by atoms with Gasteiger partial charge in [-0.3, -0.25) is 9.98 Å². The van der Waals surface area contributed by atoms with Crippen molar-refractivity contribution in [2.75, 3.05) is 18.1 Å². The van der Waals surface area contributed by atoms with E-state index < -0.39 is 11.7 Å². The lowest BCUT2D eigenvalue weighted by Gasteiger charge is -2.29. The molecule has 1 aromatic rings. The van der Waals surface area contributed by atoms with Crippen molar-refractivity contribution in [1.82, 2.24) is 4.98 Å². The van der Waals surface area contributed by atoms with E-state index in [1.54, 1.807) is 4.90 Å². The van der Waals surface area contributed by atoms with Gasteiger partial charge in [-0.25, -0.2) is 0 Å². The van der Waals surface area contributed by atoms with Crippen LogP contribution in [0, 0.1) is 0 Å². The molecule has 0 atom stereocenters. The van der Waals surface area contributed by atoms with Crippen LogP contribution in [0.15, 0.2) is 17.3 Å². The van der Waals surface area contributed by atoms with Crippen LogP contribution in [0.4, 0.5) is 18.9 Å². The molecule has 0 unspecified atom stereocenters.